The Morgan fingerprint density at radius 3 is 2.67 bits per heavy atom. The Morgan fingerprint density at radius 2 is 2.22 bits per heavy atom. The van der Waals surface area contributed by atoms with Crippen molar-refractivity contribution in [2.45, 2.75) is 57.8 Å². The molecule has 0 amide bonds. The first-order valence-electron chi connectivity index (χ1n) is 6.44. The van der Waals surface area contributed by atoms with Crippen LogP contribution < -0.4 is 0 Å². The van der Waals surface area contributed by atoms with Gasteiger partial charge in [-0.05, 0) is 39.7 Å². The van der Waals surface area contributed by atoms with Crippen LogP contribution in [0.4, 0.5) is 0 Å². The molecule has 1 N–H and O–H groups in total. The van der Waals surface area contributed by atoms with Crippen LogP contribution in [0.2, 0.25) is 0 Å². The molecule has 0 radical (unpaired) electrons. The van der Waals surface area contributed by atoms with Crippen LogP contribution in [0.25, 0.3) is 0 Å². The average Bonchev–Trinajstić information content (AvgIpc) is 2.67. The lowest BCUT2D eigenvalue weighted by Crippen LogP contribution is -2.29. The van der Waals surface area contributed by atoms with E-state index < -0.39 is 5.60 Å². The molecule has 3 heteroatoms. The Labute approximate surface area is 110 Å². The minimum absolute atomic E-state index is 0.00422. The summed E-state index contributed by atoms with van der Waals surface area (Å²) in [4.78, 5) is 12.0. The summed E-state index contributed by atoms with van der Waals surface area (Å²) in [5, 5.41) is 9.55. The maximum Gasteiger partial charge on any atom is 0.160 e. The highest BCUT2D eigenvalue weighted by molar-refractivity contribution is 5.92. The molecule has 18 heavy (non-hydrogen) atoms. The summed E-state index contributed by atoms with van der Waals surface area (Å²) in [6.07, 6.45) is 6.48. The lowest BCUT2D eigenvalue weighted by atomic mass is 9.94. The number of hydrogen-bond acceptors (Lipinski definition) is 3. The Kier molecular flexibility index (Phi) is 4.51. The van der Waals surface area contributed by atoms with Crippen LogP contribution in [0.3, 0.4) is 0 Å². The number of carbonyl (C=O) groups is 1. The Bertz CT molecular complexity index is 351. The van der Waals surface area contributed by atoms with Crippen LogP contribution in [0.1, 0.15) is 40.5 Å². The average molecular weight is 252 g/mol. The van der Waals surface area contributed by atoms with Gasteiger partial charge in [0.2, 0.25) is 0 Å². The second-order valence-electron chi connectivity index (χ2n) is 5.89. The van der Waals surface area contributed by atoms with Gasteiger partial charge in [0.25, 0.3) is 0 Å². The lowest BCUT2D eigenvalue weighted by molar-refractivity contribution is -0.123. The first kappa shape index (κ1) is 15.1. The predicted molar refractivity (Wildman–Crippen MR) is 72.3 cm³/mol. The van der Waals surface area contributed by atoms with Gasteiger partial charge in [0.05, 0.1) is 17.3 Å². The van der Waals surface area contributed by atoms with Gasteiger partial charge in [-0.1, -0.05) is 19.1 Å². The van der Waals surface area contributed by atoms with Gasteiger partial charge in [0, 0.05) is 5.92 Å². The Morgan fingerprint density at radius 1 is 1.61 bits per heavy atom. The van der Waals surface area contributed by atoms with Crippen LogP contribution in [0.15, 0.2) is 24.8 Å². The number of ketones is 1. The van der Waals surface area contributed by atoms with Crippen molar-refractivity contribution in [3.63, 3.8) is 0 Å². The molecule has 0 aromatic heterocycles. The van der Waals surface area contributed by atoms with Crippen LogP contribution in [-0.2, 0) is 9.53 Å². The first-order valence-corrected chi connectivity index (χ1v) is 6.44. The number of ether oxygens (including phenoxy) is 1. The molecule has 0 bridgehead atoms. The van der Waals surface area contributed by atoms with E-state index in [1.807, 2.05) is 13.8 Å². The largest absolute Gasteiger partial charge is 0.386 e. The van der Waals surface area contributed by atoms with Gasteiger partial charge in [-0.15, -0.1) is 6.58 Å². The Hall–Kier alpha value is -0.930. The van der Waals surface area contributed by atoms with Gasteiger partial charge < -0.3 is 9.84 Å². The van der Waals surface area contributed by atoms with Crippen LogP contribution in [0.5, 0.6) is 0 Å². The lowest BCUT2D eigenvalue weighted by Gasteiger charge is -2.23. The summed E-state index contributed by atoms with van der Waals surface area (Å²) >= 11 is 0. The molecule has 1 heterocycles. The van der Waals surface area contributed by atoms with Crippen LogP contribution in [0, 0.1) is 5.92 Å². The van der Waals surface area contributed by atoms with Crippen molar-refractivity contribution in [2.24, 2.45) is 5.92 Å². The third-order valence-electron chi connectivity index (χ3n) is 3.44. The normalized spacial score (nSPS) is 30.6. The highest BCUT2D eigenvalue weighted by Crippen LogP contribution is 2.34. The van der Waals surface area contributed by atoms with Gasteiger partial charge >= 0.3 is 0 Å². The fourth-order valence-electron chi connectivity index (χ4n) is 2.02. The van der Waals surface area contributed by atoms with Crippen molar-refractivity contribution in [1.82, 2.24) is 0 Å². The highest BCUT2D eigenvalue weighted by atomic mass is 16.5. The van der Waals surface area contributed by atoms with E-state index in [4.69, 9.17) is 4.74 Å². The van der Waals surface area contributed by atoms with Crippen LogP contribution >= 0.6 is 0 Å². The molecule has 3 unspecified atom stereocenters. The molecule has 0 spiro atoms. The van der Waals surface area contributed by atoms with E-state index in [9.17, 15) is 9.90 Å². The van der Waals surface area contributed by atoms with Crippen LogP contribution in [-0.4, -0.2) is 28.2 Å². The fraction of sp³-hybridized carbons (Fsp3) is 0.667. The molecule has 1 saturated heterocycles. The molecule has 3 atom stereocenters. The SMILES string of the molecule is C=CC1(C)CCC(C(C)C(=O)C=CC(C)(C)O)O1. The van der Waals surface area contributed by atoms with Gasteiger partial charge in [-0.25, -0.2) is 0 Å². The molecule has 1 rings (SSSR count). The zero-order valence-electron chi connectivity index (χ0n) is 11.8. The molecular formula is C15H24O3. The van der Waals surface area contributed by atoms with E-state index in [0.29, 0.717) is 0 Å². The third-order valence-corrected chi connectivity index (χ3v) is 3.44. The monoisotopic (exact) mass is 252 g/mol. The number of carbonyl (C=O) groups excluding carboxylic acids is 1. The maximum absolute atomic E-state index is 12.0. The minimum atomic E-state index is -0.957. The zero-order chi connectivity index (χ0) is 14.0. The molecule has 1 aliphatic heterocycles. The van der Waals surface area contributed by atoms with Gasteiger partial charge in [-0.2, -0.15) is 0 Å². The van der Waals surface area contributed by atoms with E-state index in [0.717, 1.165) is 12.8 Å². The smallest absolute Gasteiger partial charge is 0.160 e. The second-order valence-corrected chi connectivity index (χ2v) is 5.89. The van der Waals surface area contributed by atoms with Crippen molar-refractivity contribution in [1.29, 1.82) is 0 Å². The summed E-state index contributed by atoms with van der Waals surface area (Å²) in [5.74, 6) is -0.194. The maximum atomic E-state index is 12.0. The first-order chi connectivity index (χ1) is 8.17. The topological polar surface area (TPSA) is 46.5 Å². The van der Waals surface area contributed by atoms with Gasteiger partial charge in [-0.3, -0.25) is 4.79 Å². The number of rotatable bonds is 5. The standard InChI is InChI=1S/C15H24O3/c1-6-15(5)10-8-13(18-15)11(2)12(16)7-9-14(3,4)17/h6-7,9,11,13,17H,1,8,10H2,2-5H3. The van der Waals surface area contributed by atoms with Crippen molar-refractivity contribution in [3.8, 4) is 0 Å². The minimum Gasteiger partial charge on any atom is -0.386 e. The van der Waals surface area contributed by atoms with Crippen molar-refractivity contribution >= 4 is 5.78 Å². The summed E-state index contributed by atoms with van der Waals surface area (Å²) in [6.45, 7) is 10.9. The van der Waals surface area contributed by atoms with Crippen molar-refractivity contribution < 1.29 is 14.6 Å². The van der Waals surface area contributed by atoms with E-state index in [1.54, 1.807) is 19.9 Å². The number of aliphatic hydroxyl groups is 1. The second kappa shape index (κ2) is 5.37. The predicted octanol–water partition coefficient (Wildman–Crippen LogP) is 2.64. The summed E-state index contributed by atoms with van der Waals surface area (Å²) in [6, 6.07) is 0. The third kappa shape index (κ3) is 4.07. The fourth-order valence-corrected chi connectivity index (χ4v) is 2.02. The zero-order valence-corrected chi connectivity index (χ0v) is 11.8. The van der Waals surface area contributed by atoms with Gasteiger partial charge in [0.1, 0.15) is 0 Å². The molecular weight excluding hydrogens is 228 g/mol. The molecule has 0 aromatic carbocycles. The van der Waals surface area contributed by atoms with E-state index >= 15 is 0 Å². The number of hydrogen-bond donors (Lipinski definition) is 1. The molecule has 102 valence electrons. The molecule has 1 aliphatic rings. The van der Waals surface area contributed by atoms with Crippen molar-refractivity contribution in [2.75, 3.05) is 0 Å². The summed E-state index contributed by atoms with van der Waals surface area (Å²) < 4.78 is 5.88. The molecule has 1 fully saturated rings. The molecule has 3 nitrogen and oxygen atoms in total. The highest BCUT2D eigenvalue weighted by Gasteiger charge is 2.37. The molecule has 0 aromatic rings. The Balaban J connectivity index is 2.61. The summed E-state index contributed by atoms with van der Waals surface area (Å²) in [7, 11) is 0. The van der Waals surface area contributed by atoms with Crippen molar-refractivity contribution in [3.05, 3.63) is 24.8 Å². The quantitative estimate of drug-likeness (QED) is 0.604. The molecule has 0 saturated carbocycles. The van der Waals surface area contributed by atoms with E-state index in [-0.39, 0.29) is 23.4 Å². The van der Waals surface area contributed by atoms with E-state index in [2.05, 4.69) is 6.58 Å². The van der Waals surface area contributed by atoms with Gasteiger partial charge in [0.15, 0.2) is 5.78 Å². The van der Waals surface area contributed by atoms with E-state index in [1.165, 1.54) is 12.2 Å². The number of allylic oxidation sites excluding steroid dienone is 1. The molecule has 0 aliphatic carbocycles. The summed E-state index contributed by atoms with van der Waals surface area (Å²) in [5.41, 5.74) is -1.26.